The van der Waals surface area contributed by atoms with Crippen molar-refractivity contribution in [2.75, 3.05) is 10.2 Å². The number of hydrogen-bond acceptors (Lipinski definition) is 3. The number of hydrogen-bond donors (Lipinski definition) is 1. The van der Waals surface area contributed by atoms with Crippen LogP contribution in [0.15, 0.2) is 133 Å². The summed E-state index contributed by atoms with van der Waals surface area (Å²) in [6, 6.07) is 47.2. The van der Waals surface area contributed by atoms with Crippen molar-refractivity contribution in [3.8, 4) is 33.8 Å². The minimum Gasteiger partial charge on any atom is -0.456 e. The summed E-state index contributed by atoms with van der Waals surface area (Å²) < 4.78 is 6.33. The van der Waals surface area contributed by atoms with Crippen LogP contribution in [-0.2, 0) is 0 Å². The van der Waals surface area contributed by atoms with Crippen molar-refractivity contribution >= 4 is 27.8 Å². The van der Waals surface area contributed by atoms with E-state index < -0.39 is 0 Å². The van der Waals surface area contributed by atoms with Gasteiger partial charge in [-0.15, -0.1) is 0 Å². The van der Waals surface area contributed by atoms with Crippen LogP contribution < -0.4 is 15.0 Å². The van der Waals surface area contributed by atoms with Gasteiger partial charge in [0.05, 0.1) is 11.4 Å². The maximum absolute atomic E-state index is 6.33. The molecule has 0 bridgehead atoms. The van der Waals surface area contributed by atoms with E-state index in [9.17, 15) is 0 Å². The van der Waals surface area contributed by atoms with E-state index in [1.54, 1.807) is 0 Å². The standard InChI is InChI=1S/C35H24N2O/c1-2-10-23(11-3-1)35-36-30-17-5-6-18-31(30)37(35)25-13-8-12-24(22-25)26-20-21-33-34-28(26)15-9-16-29(34)27-14-4-7-19-32(27)38-33/h1-22,35-36H. The fraction of sp³-hybridized carbons (Fsp3) is 0.0286. The zero-order valence-corrected chi connectivity index (χ0v) is 20.6. The summed E-state index contributed by atoms with van der Waals surface area (Å²) in [5, 5.41) is 6.11. The number of nitrogens with one attached hydrogen (secondary N) is 1. The third kappa shape index (κ3) is 3.15. The Hall–Kier alpha value is -5.02. The zero-order valence-electron chi connectivity index (χ0n) is 20.6. The average molecular weight is 489 g/mol. The molecule has 1 unspecified atom stereocenters. The van der Waals surface area contributed by atoms with Crippen molar-refractivity contribution < 1.29 is 4.74 Å². The van der Waals surface area contributed by atoms with Gasteiger partial charge in [-0.25, -0.2) is 0 Å². The molecule has 0 aromatic heterocycles. The molecule has 38 heavy (non-hydrogen) atoms. The van der Waals surface area contributed by atoms with Crippen LogP contribution in [0.4, 0.5) is 17.1 Å². The van der Waals surface area contributed by atoms with Crippen LogP contribution >= 0.6 is 0 Å². The minimum atomic E-state index is 0.0186. The largest absolute Gasteiger partial charge is 0.456 e. The predicted octanol–water partition coefficient (Wildman–Crippen LogP) is 9.54. The van der Waals surface area contributed by atoms with Crippen molar-refractivity contribution in [3.05, 3.63) is 139 Å². The molecule has 0 fully saturated rings. The molecule has 1 N–H and O–H groups in total. The van der Waals surface area contributed by atoms with Gasteiger partial charge in [-0.1, -0.05) is 97.1 Å². The Kier molecular flexibility index (Phi) is 4.58. The van der Waals surface area contributed by atoms with Crippen LogP contribution in [0.25, 0.3) is 33.0 Å². The Morgan fingerprint density at radius 2 is 1.37 bits per heavy atom. The minimum absolute atomic E-state index is 0.0186. The first-order valence-corrected chi connectivity index (χ1v) is 13.0. The first-order chi connectivity index (χ1) is 18.8. The van der Waals surface area contributed by atoms with E-state index in [2.05, 4.69) is 132 Å². The highest BCUT2D eigenvalue weighted by Gasteiger charge is 2.31. The molecule has 0 radical (unpaired) electrons. The molecule has 6 aromatic rings. The lowest BCUT2D eigenvalue weighted by molar-refractivity contribution is 0.487. The van der Waals surface area contributed by atoms with Crippen LogP contribution in [0, 0.1) is 0 Å². The normalized spacial score (nSPS) is 14.9. The zero-order chi connectivity index (χ0) is 25.1. The molecule has 0 amide bonds. The van der Waals surface area contributed by atoms with Crippen LogP contribution in [-0.4, -0.2) is 0 Å². The van der Waals surface area contributed by atoms with E-state index in [-0.39, 0.29) is 6.17 Å². The van der Waals surface area contributed by atoms with Gasteiger partial charge in [0.1, 0.15) is 17.7 Å². The molecule has 0 aliphatic carbocycles. The fourth-order valence-corrected chi connectivity index (χ4v) is 5.97. The number of benzene rings is 6. The molecule has 0 saturated heterocycles. The summed E-state index contributed by atoms with van der Waals surface area (Å²) in [5.41, 5.74) is 9.45. The highest BCUT2D eigenvalue weighted by atomic mass is 16.5. The Labute approximate surface area is 221 Å². The van der Waals surface area contributed by atoms with Gasteiger partial charge < -0.3 is 15.0 Å². The van der Waals surface area contributed by atoms with E-state index in [0.717, 1.165) is 28.4 Å². The third-order valence-corrected chi connectivity index (χ3v) is 7.66. The van der Waals surface area contributed by atoms with Gasteiger partial charge in [0.2, 0.25) is 0 Å². The van der Waals surface area contributed by atoms with Crippen LogP contribution in [0.3, 0.4) is 0 Å². The summed E-state index contributed by atoms with van der Waals surface area (Å²) in [7, 11) is 0. The lowest BCUT2D eigenvalue weighted by atomic mass is 9.90. The summed E-state index contributed by atoms with van der Waals surface area (Å²) in [6.45, 7) is 0. The Morgan fingerprint density at radius 3 is 2.32 bits per heavy atom. The summed E-state index contributed by atoms with van der Waals surface area (Å²) in [6.07, 6.45) is 0.0186. The SMILES string of the molecule is c1ccc(C2Nc3ccccc3N2c2cccc(-c3ccc4c5c(cccc35)-c3ccccc3O4)c2)cc1. The Bertz CT molecular complexity index is 1840. The van der Waals surface area contributed by atoms with E-state index in [1.807, 2.05) is 12.1 Å². The number of ether oxygens (including phenoxy) is 1. The molecule has 8 rings (SSSR count). The van der Waals surface area contributed by atoms with Crippen molar-refractivity contribution in [2.45, 2.75) is 6.17 Å². The second-order valence-corrected chi connectivity index (χ2v) is 9.83. The average Bonchev–Trinajstić information content (AvgIpc) is 3.38. The quantitative estimate of drug-likeness (QED) is 0.268. The summed E-state index contributed by atoms with van der Waals surface area (Å²) in [4.78, 5) is 2.40. The number of anilines is 3. The molecule has 6 aromatic carbocycles. The molecule has 180 valence electrons. The molecule has 3 heteroatoms. The predicted molar refractivity (Wildman–Crippen MR) is 156 cm³/mol. The summed E-state index contributed by atoms with van der Waals surface area (Å²) >= 11 is 0. The number of fused-ring (bicyclic) bond motifs is 3. The highest BCUT2D eigenvalue weighted by Crippen LogP contribution is 2.50. The van der Waals surface area contributed by atoms with Gasteiger partial charge in [-0.05, 0) is 64.0 Å². The molecule has 2 heterocycles. The third-order valence-electron chi connectivity index (χ3n) is 7.66. The fourth-order valence-electron chi connectivity index (χ4n) is 5.97. The lowest BCUT2D eigenvalue weighted by Crippen LogP contribution is -2.23. The van der Waals surface area contributed by atoms with Crippen LogP contribution in [0.2, 0.25) is 0 Å². The molecule has 1 atom stereocenters. The first-order valence-electron chi connectivity index (χ1n) is 13.0. The number of nitrogens with zero attached hydrogens (tertiary/aromatic N) is 1. The van der Waals surface area contributed by atoms with Gasteiger partial charge in [0.15, 0.2) is 0 Å². The van der Waals surface area contributed by atoms with Gasteiger partial charge in [0.25, 0.3) is 0 Å². The van der Waals surface area contributed by atoms with Gasteiger partial charge in [0, 0.05) is 16.6 Å². The van der Waals surface area contributed by atoms with E-state index >= 15 is 0 Å². The van der Waals surface area contributed by atoms with Crippen LogP contribution in [0.5, 0.6) is 11.5 Å². The Balaban J connectivity index is 1.29. The van der Waals surface area contributed by atoms with Crippen molar-refractivity contribution in [3.63, 3.8) is 0 Å². The van der Waals surface area contributed by atoms with E-state index in [4.69, 9.17) is 4.74 Å². The van der Waals surface area contributed by atoms with Crippen molar-refractivity contribution in [1.82, 2.24) is 0 Å². The Morgan fingerprint density at radius 1 is 0.579 bits per heavy atom. The highest BCUT2D eigenvalue weighted by molar-refractivity contribution is 6.10. The topological polar surface area (TPSA) is 24.5 Å². The first kappa shape index (κ1) is 21.1. The van der Waals surface area contributed by atoms with Gasteiger partial charge >= 0.3 is 0 Å². The molecular weight excluding hydrogens is 464 g/mol. The van der Waals surface area contributed by atoms with Crippen molar-refractivity contribution in [2.24, 2.45) is 0 Å². The maximum atomic E-state index is 6.33. The second kappa shape index (κ2) is 8.25. The lowest BCUT2D eigenvalue weighted by Gasteiger charge is -2.28. The smallest absolute Gasteiger partial charge is 0.135 e. The maximum Gasteiger partial charge on any atom is 0.135 e. The monoisotopic (exact) mass is 488 g/mol. The van der Waals surface area contributed by atoms with Crippen molar-refractivity contribution in [1.29, 1.82) is 0 Å². The van der Waals surface area contributed by atoms with Crippen LogP contribution in [0.1, 0.15) is 11.7 Å². The second-order valence-electron chi connectivity index (χ2n) is 9.83. The summed E-state index contributed by atoms with van der Waals surface area (Å²) in [5.74, 6) is 1.82. The molecule has 0 saturated carbocycles. The van der Waals surface area contributed by atoms with E-state index in [0.29, 0.717) is 0 Å². The number of para-hydroxylation sites is 3. The number of rotatable bonds is 3. The molecule has 3 nitrogen and oxygen atoms in total. The molecule has 0 spiro atoms. The molecular formula is C35H24N2O. The molecule has 2 aliphatic heterocycles. The molecule has 2 aliphatic rings. The van der Waals surface area contributed by atoms with E-state index in [1.165, 1.54) is 38.7 Å². The van der Waals surface area contributed by atoms with Gasteiger partial charge in [-0.2, -0.15) is 0 Å². The van der Waals surface area contributed by atoms with Gasteiger partial charge in [-0.3, -0.25) is 0 Å².